The second-order valence-electron chi connectivity index (χ2n) is 6.43. The van der Waals surface area contributed by atoms with Gasteiger partial charge in [0.25, 0.3) is 0 Å². The zero-order valence-electron chi connectivity index (χ0n) is 14.8. The molecule has 2 heterocycles. The molecule has 2 aromatic rings. The number of rotatable bonds is 6. The number of ether oxygens (including phenoxy) is 1. The van der Waals surface area contributed by atoms with Gasteiger partial charge < -0.3 is 9.64 Å². The van der Waals surface area contributed by atoms with Gasteiger partial charge in [0.05, 0.1) is 25.9 Å². The highest BCUT2D eigenvalue weighted by Gasteiger charge is 2.28. The first-order valence-corrected chi connectivity index (χ1v) is 8.61. The third-order valence-electron chi connectivity index (χ3n) is 4.56. The first kappa shape index (κ1) is 17.2. The predicted molar refractivity (Wildman–Crippen MR) is 95.2 cm³/mol. The fraction of sp³-hybridized carbons (Fsp3) is 0.421. The zero-order valence-corrected chi connectivity index (χ0v) is 14.8. The highest BCUT2D eigenvalue weighted by atomic mass is 16.5. The normalized spacial score (nSPS) is 17.8. The molecule has 1 saturated heterocycles. The average Bonchev–Trinajstić information content (AvgIpc) is 3.27. The molecule has 1 amide bonds. The van der Waals surface area contributed by atoms with Gasteiger partial charge in [-0.05, 0) is 37.8 Å². The largest absolute Gasteiger partial charge is 0.496 e. The summed E-state index contributed by atoms with van der Waals surface area (Å²) in [7, 11) is 1.67. The van der Waals surface area contributed by atoms with Gasteiger partial charge in [0.15, 0.2) is 0 Å². The molecule has 1 aliphatic heterocycles. The Morgan fingerprint density at radius 1 is 1.40 bits per heavy atom. The molecule has 25 heavy (non-hydrogen) atoms. The maximum absolute atomic E-state index is 12.7. The summed E-state index contributed by atoms with van der Waals surface area (Å²) in [5.41, 5.74) is 2.12. The van der Waals surface area contributed by atoms with Crippen molar-refractivity contribution in [3.63, 3.8) is 0 Å². The standard InChI is InChI=1S/C19H24N4O2/c1-15(12-16-6-3-4-8-18(16)25-2)13-19(24)23-10-5-7-17(23)14-22-11-9-20-21-22/h3-4,6,8-9,11,13,17H,5,7,10,12,14H2,1-2H3/b15-13+/t17-/m0/s1. The third kappa shape index (κ3) is 4.26. The van der Waals surface area contributed by atoms with E-state index in [1.165, 1.54) is 0 Å². The highest BCUT2D eigenvalue weighted by molar-refractivity contribution is 5.88. The van der Waals surface area contributed by atoms with Crippen molar-refractivity contribution in [2.75, 3.05) is 13.7 Å². The summed E-state index contributed by atoms with van der Waals surface area (Å²) < 4.78 is 7.18. The number of methoxy groups -OCH3 is 1. The van der Waals surface area contributed by atoms with Crippen molar-refractivity contribution in [3.05, 3.63) is 53.9 Å². The summed E-state index contributed by atoms with van der Waals surface area (Å²) in [5.74, 6) is 0.933. The molecule has 1 aliphatic rings. The van der Waals surface area contributed by atoms with Gasteiger partial charge in [-0.2, -0.15) is 0 Å². The van der Waals surface area contributed by atoms with Crippen LogP contribution >= 0.6 is 0 Å². The van der Waals surface area contributed by atoms with Crippen LogP contribution in [0.25, 0.3) is 0 Å². The van der Waals surface area contributed by atoms with Gasteiger partial charge in [0.2, 0.25) is 5.91 Å². The second-order valence-corrected chi connectivity index (χ2v) is 6.43. The molecule has 0 N–H and O–H groups in total. The lowest BCUT2D eigenvalue weighted by molar-refractivity contribution is -0.127. The molecule has 6 heteroatoms. The van der Waals surface area contributed by atoms with Gasteiger partial charge in [0.1, 0.15) is 5.75 Å². The number of hydrogen-bond donors (Lipinski definition) is 0. The molecule has 0 bridgehead atoms. The van der Waals surface area contributed by atoms with Crippen molar-refractivity contribution in [3.8, 4) is 5.75 Å². The van der Waals surface area contributed by atoms with Gasteiger partial charge in [-0.3, -0.25) is 9.48 Å². The predicted octanol–water partition coefficient (Wildman–Crippen LogP) is 2.47. The van der Waals surface area contributed by atoms with Gasteiger partial charge in [0, 0.05) is 18.8 Å². The van der Waals surface area contributed by atoms with Gasteiger partial charge >= 0.3 is 0 Å². The maximum atomic E-state index is 12.7. The van der Waals surface area contributed by atoms with Crippen LogP contribution in [0.4, 0.5) is 0 Å². The molecule has 0 radical (unpaired) electrons. The Morgan fingerprint density at radius 3 is 3.00 bits per heavy atom. The van der Waals surface area contributed by atoms with E-state index in [9.17, 15) is 4.79 Å². The number of likely N-dealkylation sites (tertiary alicyclic amines) is 1. The Hall–Kier alpha value is -2.63. The van der Waals surface area contributed by atoms with Crippen molar-refractivity contribution >= 4 is 5.91 Å². The van der Waals surface area contributed by atoms with E-state index in [0.29, 0.717) is 13.0 Å². The maximum Gasteiger partial charge on any atom is 0.246 e. The lowest BCUT2D eigenvalue weighted by Gasteiger charge is -2.23. The molecule has 1 atom stereocenters. The van der Waals surface area contributed by atoms with E-state index in [-0.39, 0.29) is 11.9 Å². The average molecular weight is 340 g/mol. The van der Waals surface area contributed by atoms with E-state index in [2.05, 4.69) is 10.3 Å². The molecule has 1 aromatic carbocycles. The summed E-state index contributed by atoms with van der Waals surface area (Å²) in [5, 5.41) is 7.84. The minimum Gasteiger partial charge on any atom is -0.496 e. The molecular weight excluding hydrogens is 316 g/mol. The molecule has 1 fully saturated rings. The lowest BCUT2D eigenvalue weighted by Crippen LogP contribution is -2.37. The lowest BCUT2D eigenvalue weighted by atomic mass is 10.0. The number of carbonyl (C=O) groups excluding carboxylic acids is 1. The van der Waals surface area contributed by atoms with Crippen LogP contribution in [-0.4, -0.2) is 45.5 Å². The minimum absolute atomic E-state index is 0.0787. The summed E-state index contributed by atoms with van der Waals surface area (Å²) in [4.78, 5) is 14.7. The van der Waals surface area contributed by atoms with E-state index in [4.69, 9.17) is 4.74 Å². The van der Waals surface area contributed by atoms with Crippen LogP contribution < -0.4 is 4.74 Å². The molecule has 6 nitrogen and oxygen atoms in total. The first-order chi connectivity index (χ1) is 12.2. The Labute approximate surface area is 148 Å². The Bertz CT molecular complexity index is 740. The van der Waals surface area contributed by atoms with Crippen molar-refractivity contribution < 1.29 is 9.53 Å². The molecule has 0 saturated carbocycles. The van der Waals surface area contributed by atoms with Crippen LogP contribution in [0.2, 0.25) is 0 Å². The van der Waals surface area contributed by atoms with E-state index in [0.717, 1.165) is 36.3 Å². The quantitative estimate of drug-likeness (QED) is 0.758. The summed E-state index contributed by atoms with van der Waals surface area (Å²) in [6.07, 6.45) is 8.00. The first-order valence-electron chi connectivity index (χ1n) is 8.61. The van der Waals surface area contributed by atoms with Gasteiger partial charge in [-0.15, -0.1) is 5.10 Å². The summed E-state index contributed by atoms with van der Waals surface area (Å²) in [6.45, 7) is 3.49. The topological polar surface area (TPSA) is 60.2 Å². The highest BCUT2D eigenvalue weighted by Crippen LogP contribution is 2.22. The molecule has 0 unspecified atom stereocenters. The zero-order chi connectivity index (χ0) is 17.6. The number of benzene rings is 1. The number of allylic oxidation sites excluding steroid dienone is 1. The molecule has 0 aliphatic carbocycles. The summed E-state index contributed by atoms with van der Waals surface area (Å²) in [6, 6.07) is 8.10. The van der Waals surface area contributed by atoms with Crippen LogP contribution in [0.5, 0.6) is 5.75 Å². The number of nitrogens with zero attached hydrogens (tertiary/aromatic N) is 4. The third-order valence-corrected chi connectivity index (χ3v) is 4.56. The number of carbonyl (C=O) groups is 1. The number of para-hydroxylation sites is 1. The SMILES string of the molecule is COc1ccccc1C/C(C)=C/C(=O)N1CCC[C@H]1Cn1ccnn1. The molecule has 132 valence electrons. The number of aromatic nitrogens is 3. The molecule has 0 spiro atoms. The monoisotopic (exact) mass is 340 g/mol. The van der Waals surface area contributed by atoms with Gasteiger partial charge in [-0.1, -0.05) is 29.0 Å². The Morgan fingerprint density at radius 2 is 2.24 bits per heavy atom. The second kappa shape index (κ2) is 7.96. The fourth-order valence-electron chi connectivity index (χ4n) is 3.36. The molecule has 3 rings (SSSR count). The van der Waals surface area contributed by atoms with E-state index in [1.54, 1.807) is 24.1 Å². The summed E-state index contributed by atoms with van der Waals surface area (Å²) >= 11 is 0. The number of amides is 1. The van der Waals surface area contributed by atoms with Crippen LogP contribution in [0.15, 0.2) is 48.3 Å². The van der Waals surface area contributed by atoms with Gasteiger partial charge in [-0.25, -0.2) is 0 Å². The van der Waals surface area contributed by atoms with Crippen LogP contribution in [-0.2, 0) is 17.8 Å². The van der Waals surface area contributed by atoms with E-state index in [1.807, 2.05) is 42.3 Å². The van der Waals surface area contributed by atoms with Crippen molar-refractivity contribution in [2.24, 2.45) is 0 Å². The van der Waals surface area contributed by atoms with Crippen molar-refractivity contribution in [1.82, 2.24) is 19.9 Å². The van der Waals surface area contributed by atoms with Crippen molar-refractivity contribution in [2.45, 2.75) is 38.8 Å². The number of hydrogen-bond acceptors (Lipinski definition) is 4. The smallest absolute Gasteiger partial charge is 0.246 e. The Kier molecular flexibility index (Phi) is 5.48. The van der Waals surface area contributed by atoms with Crippen LogP contribution in [0, 0.1) is 0 Å². The van der Waals surface area contributed by atoms with Crippen LogP contribution in [0.1, 0.15) is 25.3 Å². The molecule has 1 aromatic heterocycles. The fourth-order valence-corrected chi connectivity index (χ4v) is 3.36. The van der Waals surface area contributed by atoms with Crippen LogP contribution in [0.3, 0.4) is 0 Å². The minimum atomic E-state index is 0.0787. The Balaban J connectivity index is 1.66. The van der Waals surface area contributed by atoms with E-state index < -0.39 is 0 Å². The van der Waals surface area contributed by atoms with Crippen molar-refractivity contribution in [1.29, 1.82) is 0 Å². The van der Waals surface area contributed by atoms with E-state index >= 15 is 0 Å². The molecular formula is C19H24N4O2.